The number of fused-ring (bicyclic) bond motifs is 1. The van der Waals surface area contributed by atoms with E-state index in [2.05, 4.69) is 47.8 Å². The SMILES string of the molecule is Cc1cccc(Cn2ccc3c2CC(C)(C)CC3N)n1. The molecule has 0 bridgehead atoms. The van der Waals surface area contributed by atoms with E-state index in [4.69, 9.17) is 5.73 Å². The van der Waals surface area contributed by atoms with Crippen molar-refractivity contribution in [2.24, 2.45) is 11.1 Å². The number of hydrogen-bond acceptors (Lipinski definition) is 2. The van der Waals surface area contributed by atoms with Gasteiger partial charge in [-0.3, -0.25) is 4.98 Å². The van der Waals surface area contributed by atoms with E-state index in [9.17, 15) is 0 Å². The number of hydrogen-bond donors (Lipinski definition) is 1. The first kappa shape index (κ1) is 13.4. The van der Waals surface area contributed by atoms with Crippen molar-refractivity contribution in [3.63, 3.8) is 0 Å². The lowest BCUT2D eigenvalue weighted by Gasteiger charge is -2.34. The lowest BCUT2D eigenvalue weighted by molar-refractivity contribution is 0.276. The zero-order valence-electron chi connectivity index (χ0n) is 12.6. The monoisotopic (exact) mass is 269 g/mol. The van der Waals surface area contributed by atoms with Crippen LogP contribution in [0.4, 0.5) is 0 Å². The maximum absolute atomic E-state index is 6.32. The van der Waals surface area contributed by atoms with Gasteiger partial charge in [0.1, 0.15) is 0 Å². The Hall–Kier alpha value is -1.61. The van der Waals surface area contributed by atoms with Gasteiger partial charge in [0.25, 0.3) is 0 Å². The van der Waals surface area contributed by atoms with E-state index >= 15 is 0 Å². The zero-order valence-corrected chi connectivity index (χ0v) is 12.6. The van der Waals surface area contributed by atoms with Crippen molar-refractivity contribution >= 4 is 0 Å². The molecule has 1 unspecified atom stereocenters. The van der Waals surface area contributed by atoms with Crippen molar-refractivity contribution in [2.75, 3.05) is 0 Å². The van der Waals surface area contributed by atoms with E-state index in [1.165, 1.54) is 11.3 Å². The lowest BCUT2D eigenvalue weighted by Crippen LogP contribution is -2.30. The second-order valence-corrected chi connectivity index (χ2v) is 6.77. The second kappa shape index (κ2) is 4.74. The average Bonchev–Trinajstić information content (AvgIpc) is 2.71. The first-order valence-corrected chi connectivity index (χ1v) is 7.31. The number of aromatic nitrogens is 2. The molecule has 1 aliphatic carbocycles. The summed E-state index contributed by atoms with van der Waals surface area (Å²) < 4.78 is 2.32. The highest BCUT2D eigenvalue weighted by atomic mass is 15.0. The van der Waals surface area contributed by atoms with Gasteiger partial charge in [-0.25, -0.2) is 0 Å². The summed E-state index contributed by atoms with van der Waals surface area (Å²) in [7, 11) is 0. The molecule has 0 saturated carbocycles. The molecule has 3 heteroatoms. The highest BCUT2D eigenvalue weighted by molar-refractivity contribution is 5.31. The van der Waals surface area contributed by atoms with Crippen LogP contribution in [0.15, 0.2) is 30.5 Å². The highest BCUT2D eigenvalue weighted by Gasteiger charge is 2.32. The van der Waals surface area contributed by atoms with Crippen LogP contribution >= 0.6 is 0 Å². The predicted molar refractivity (Wildman–Crippen MR) is 81.5 cm³/mol. The summed E-state index contributed by atoms with van der Waals surface area (Å²) in [6.45, 7) is 7.48. The fraction of sp³-hybridized carbons (Fsp3) is 0.471. The van der Waals surface area contributed by atoms with Crippen molar-refractivity contribution in [1.82, 2.24) is 9.55 Å². The highest BCUT2D eigenvalue weighted by Crippen LogP contribution is 2.40. The standard InChI is InChI=1S/C17H23N3/c1-12-5-4-6-13(19-12)11-20-8-7-14-15(18)9-17(2,3)10-16(14)20/h4-8,15H,9-11,18H2,1-3H3. The molecule has 0 amide bonds. The molecule has 0 aliphatic heterocycles. The Labute approximate surface area is 120 Å². The number of nitrogens with two attached hydrogens (primary N) is 1. The van der Waals surface area contributed by atoms with E-state index in [-0.39, 0.29) is 11.5 Å². The summed E-state index contributed by atoms with van der Waals surface area (Å²) in [4.78, 5) is 4.60. The Morgan fingerprint density at radius 2 is 2.15 bits per heavy atom. The number of rotatable bonds is 2. The van der Waals surface area contributed by atoms with Crippen LogP contribution in [0.2, 0.25) is 0 Å². The molecular weight excluding hydrogens is 246 g/mol. The zero-order chi connectivity index (χ0) is 14.3. The van der Waals surface area contributed by atoms with Crippen LogP contribution < -0.4 is 5.73 Å². The van der Waals surface area contributed by atoms with Gasteiger partial charge in [0.2, 0.25) is 0 Å². The van der Waals surface area contributed by atoms with Crippen LogP contribution in [0.1, 0.15) is 49.0 Å². The normalized spacial score (nSPS) is 20.7. The summed E-state index contributed by atoms with van der Waals surface area (Å²) in [6, 6.07) is 8.55. The molecule has 2 heterocycles. The molecule has 3 rings (SSSR count). The van der Waals surface area contributed by atoms with Gasteiger partial charge in [-0.1, -0.05) is 19.9 Å². The molecule has 0 aromatic carbocycles. The van der Waals surface area contributed by atoms with Crippen molar-refractivity contribution in [3.8, 4) is 0 Å². The number of nitrogens with zero attached hydrogens (tertiary/aromatic N) is 2. The Bertz CT molecular complexity index is 625. The van der Waals surface area contributed by atoms with Gasteiger partial charge < -0.3 is 10.3 Å². The Morgan fingerprint density at radius 1 is 1.35 bits per heavy atom. The van der Waals surface area contributed by atoms with Crippen LogP contribution in [-0.4, -0.2) is 9.55 Å². The van der Waals surface area contributed by atoms with Gasteiger partial charge in [0, 0.05) is 23.6 Å². The summed E-state index contributed by atoms with van der Waals surface area (Å²) in [6.07, 6.45) is 4.32. The summed E-state index contributed by atoms with van der Waals surface area (Å²) >= 11 is 0. The molecule has 1 aliphatic rings. The Balaban J connectivity index is 1.93. The van der Waals surface area contributed by atoms with Crippen molar-refractivity contribution < 1.29 is 0 Å². The van der Waals surface area contributed by atoms with Crippen molar-refractivity contribution in [3.05, 3.63) is 53.1 Å². The molecule has 2 N–H and O–H groups in total. The van der Waals surface area contributed by atoms with Crippen LogP contribution in [0.25, 0.3) is 0 Å². The molecule has 106 valence electrons. The summed E-state index contributed by atoms with van der Waals surface area (Å²) in [5.41, 5.74) is 11.5. The summed E-state index contributed by atoms with van der Waals surface area (Å²) in [5, 5.41) is 0. The largest absolute Gasteiger partial charge is 0.345 e. The van der Waals surface area contributed by atoms with E-state index in [0.29, 0.717) is 0 Å². The van der Waals surface area contributed by atoms with E-state index in [1.54, 1.807) is 0 Å². The van der Waals surface area contributed by atoms with E-state index in [0.717, 1.165) is 30.8 Å². The van der Waals surface area contributed by atoms with Gasteiger partial charge >= 0.3 is 0 Å². The van der Waals surface area contributed by atoms with Crippen molar-refractivity contribution in [2.45, 2.75) is 46.2 Å². The van der Waals surface area contributed by atoms with Crippen LogP contribution in [0, 0.1) is 12.3 Å². The third-order valence-corrected chi connectivity index (χ3v) is 4.21. The predicted octanol–water partition coefficient (Wildman–Crippen LogP) is 3.21. The van der Waals surface area contributed by atoms with E-state index in [1.807, 2.05) is 13.0 Å². The molecule has 2 aromatic rings. The maximum atomic E-state index is 6.32. The van der Waals surface area contributed by atoms with Gasteiger partial charge in [-0.2, -0.15) is 0 Å². The summed E-state index contributed by atoms with van der Waals surface area (Å²) in [5.74, 6) is 0. The molecular formula is C17H23N3. The Morgan fingerprint density at radius 3 is 2.90 bits per heavy atom. The molecule has 20 heavy (non-hydrogen) atoms. The van der Waals surface area contributed by atoms with Crippen molar-refractivity contribution in [1.29, 1.82) is 0 Å². The van der Waals surface area contributed by atoms with Crippen LogP contribution in [-0.2, 0) is 13.0 Å². The average molecular weight is 269 g/mol. The maximum Gasteiger partial charge on any atom is 0.0645 e. The fourth-order valence-electron chi connectivity index (χ4n) is 3.30. The third kappa shape index (κ3) is 2.50. The topological polar surface area (TPSA) is 43.8 Å². The molecule has 0 fully saturated rings. The molecule has 3 nitrogen and oxygen atoms in total. The van der Waals surface area contributed by atoms with Gasteiger partial charge in [-0.05, 0) is 48.9 Å². The fourth-order valence-corrected chi connectivity index (χ4v) is 3.30. The number of aryl methyl sites for hydroxylation is 1. The molecule has 1 atom stereocenters. The van der Waals surface area contributed by atoms with Crippen LogP contribution in [0.5, 0.6) is 0 Å². The van der Waals surface area contributed by atoms with Gasteiger partial charge in [0.15, 0.2) is 0 Å². The Kier molecular flexibility index (Phi) is 3.17. The van der Waals surface area contributed by atoms with Gasteiger partial charge in [-0.15, -0.1) is 0 Å². The quantitative estimate of drug-likeness (QED) is 0.909. The molecule has 0 spiro atoms. The molecule has 2 aromatic heterocycles. The lowest BCUT2D eigenvalue weighted by atomic mass is 9.74. The first-order valence-electron chi connectivity index (χ1n) is 7.31. The molecule has 0 radical (unpaired) electrons. The van der Waals surface area contributed by atoms with Gasteiger partial charge in [0.05, 0.1) is 12.2 Å². The first-order chi connectivity index (χ1) is 9.44. The number of pyridine rings is 1. The molecule has 0 saturated heterocycles. The minimum atomic E-state index is 0.167. The third-order valence-electron chi connectivity index (χ3n) is 4.21. The van der Waals surface area contributed by atoms with E-state index < -0.39 is 0 Å². The smallest absolute Gasteiger partial charge is 0.0645 e. The minimum absolute atomic E-state index is 0.167. The minimum Gasteiger partial charge on any atom is -0.345 e. The second-order valence-electron chi connectivity index (χ2n) is 6.77. The van der Waals surface area contributed by atoms with Crippen LogP contribution in [0.3, 0.4) is 0 Å².